The normalized spacial score (nSPS) is 21.0. The van der Waals surface area contributed by atoms with E-state index in [9.17, 15) is 4.79 Å². The highest BCUT2D eigenvalue weighted by molar-refractivity contribution is 5.69. The van der Waals surface area contributed by atoms with Gasteiger partial charge in [0.2, 0.25) is 0 Å². The molecule has 1 aromatic rings. The van der Waals surface area contributed by atoms with Crippen molar-refractivity contribution in [3.8, 4) is 0 Å². The molecule has 80 valence electrons. The van der Waals surface area contributed by atoms with Gasteiger partial charge in [0.15, 0.2) is 0 Å². The van der Waals surface area contributed by atoms with Gasteiger partial charge in [-0.3, -0.25) is 9.69 Å². The van der Waals surface area contributed by atoms with E-state index in [-0.39, 0.29) is 6.54 Å². The first kappa shape index (κ1) is 10.2. The van der Waals surface area contributed by atoms with Gasteiger partial charge in [0, 0.05) is 12.6 Å². The van der Waals surface area contributed by atoms with Gasteiger partial charge in [0.25, 0.3) is 0 Å². The molecule has 1 aliphatic rings. The monoisotopic (exact) mass is 205 g/mol. The highest BCUT2D eigenvalue weighted by atomic mass is 16.4. The van der Waals surface area contributed by atoms with E-state index in [4.69, 9.17) is 5.11 Å². The van der Waals surface area contributed by atoms with Crippen molar-refractivity contribution < 1.29 is 9.90 Å². The van der Waals surface area contributed by atoms with Gasteiger partial charge in [0.05, 0.1) is 6.54 Å². The van der Waals surface area contributed by atoms with E-state index < -0.39 is 5.97 Å². The molecule has 15 heavy (non-hydrogen) atoms. The first-order chi connectivity index (χ1) is 7.16. The average Bonchev–Trinajstić information content (AvgIpc) is 2.18. The smallest absolute Gasteiger partial charge is 0.317 e. The van der Waals surface area contributed by atoms with Gasteiger partial charge in [-0.1, -0.05) is 24.3 Å². The van der Waals surface area contributed by atoms with Crippen molar-refractivity contribution in [2.75, 3.05) is 6.54 Å². The van der Waals surface area contributed by atoms with Crippen LogP contribution in [-0.4, -0.2) is 28.6 Å². The van der Waals surface area contributed by atoms with Gasteiger partial charge < -0.3 is 5.11 Å². The lowest BCUT2D eigenvalue weighted by Crippen LogP contribution is -2.41. The largest absolute Gasteiger partial charge is 0.480 e. The molecule has 1 N–H and O–H groups in total. The van der Waals surface area contributed by atoms with Gasteiger partial charge in [-0.15, -0.1) is 0 Å². The van der Waals surface area contributed by atoms with Crippen LogP contribution in [-0.2, 0) is 17.8 Å². The Bertz CT molecular complexity index is 376. The molecule has 0 unspecified atom stereocenters. The maximum atomic E-state index is 10.7. The molecule has 0 bridgehead atoms. The third kappa shape index (κ3) is 2.18. The van der Waals surface area contributed by atoms with E-state index in [1.165, 1.54) is 11.1 Å². The zero-order valence-electron chi connectivity index (χ0n) is 8.81. The second-order valence-corrected chi connectivity index (χ2v) is 4.12. The molecule has 2 rings (SSSR count). The van der Waals surface area contributed by atoms with E-state index in [0.717, 1.165) is 13.0 Å². The van der Waals surface area contributed by atoms with Gasteiger partial charge in [0.1, 0.15) is 0 Å². The van der Waals surface area contributed by atoms with Crippen molar-refractivity contribution in [3.63, 3.8) is 0 Å². The van der Waals surface area contributed by atoms with Gasteiger partial charge in [-0.25, -0.2) is 0 Å². The van der Waals surface area contributed by atoms with E-state index in [1.807, 2.05) is 17.0 Å². The number of benzene rings is 1. The number of carbonyl (C=O) groups is 1. The minimum absolute atomic E-state index is 0.134. The summed E-state index contributed by atoms with van der Waals surface area (Å²) in [4.78, 5) is 12.7. The molecule has 0 saturated heterocycles. The molecule has 0 aromatic heterocycles. The quantitative estimate of drug-likeness (QED) is 0.795. The Morgan fingerprint density at radius 3 is 2.80 bits per heavy atom. The second-order valence-electron chi connectivity index (χ2n) is 4.12. The minimum atomic E-state index is -0.749. The fourth-order valence-corrected chi connectivity index (χ4v) is 2.12. The molecule has 0 radical (unpaired) electrons. The third-order valence-electron chi connectivity index (χ3n) is 2.97. The summed E-state index contributed by atoms with van der Waals surface area (Å²) in [5.74, 6) is -0.749. The van der Waals surface area contributed by atoms with Gasteiger partial charge in [-0.2, -0.15) is 0 Å². The number of hydrogen-bond donors (Lipinski definition) is 1. The summed E-state index contributed by atoms with van der Waals surface area (Å²) in [6.07, 6.45) is 0.948. The molecule has 1 aromatic carbocycles. The molecule has 1 aliphatic heterocycles. The summed E-state index contributed by atoms with van der Waals surface area (Å²) in [6.45, 7) is 2.97. The van der Waals surface area contributed by atoms with Crippen molar-refractivity contribution in [3.05, 3.63) is 35.4 Å². The number of carboxylic acid groups (broad SMARTS) is 1. The van der Waals surface area contributed by atoms with Crippen molar-refractivity contribution in [1.29, 1.82) is 0 Å². The van der Waals surface area contributed by atoms with Crippen LogP contribution in [0.4, 0.5) is 0 Å². The average molecular weight is 205 g/mol. The zero-order valence-corrected chi connectivity index (χ0v) is 8.81. The van der Waals surface area contributed by atoms with Crippen LogP contribution in [0.2, 0.25) is 0 Å². The molecular weight excluding hydrogens is 190 g/mol. The number of carboxylic acids is 1. The predicted octanol–water partition coefficient (Wildman–Crippen LogP) is 1.52. The van der Waals surface area contributed by atoms with Crippen LogP contribution in [0.1, 0.15) is 18.1 Å². The van der Waals surface area contributed by atoms with Gasteiger partial charge in [-0.05, 0) is 24.5 Å². The fraction of sp³-hybridized carbons (Fsp3) is 0.417. The van der Waals surface area contributed by atoms with Crippen LogP contribution in [0.5, 0.6) is 0 Å². The van der Waals surface area contributed by atoms with Crippen LogP contribution < -0.4 is 0 Å². The molecule has 3 heteroatoms. The van der Waals surface area contributed by atoms with Crippen LogP contribution in [0.3, 0.4) is 0 Å². The Morgan fingerprint density at radius 1 is 1.47 bits per heavy atom. The van der Waals surface area contributed by atoms with Crippen LogP contribution in [0.25, 0.3) is 0 Å². The number of aliphatic carboxylic acids is 1. The minimum Gasteiger partial charge on any atom is -0.480 e. The SMILES string of the molecule is C[C@@H]1Cc2ccccc2CN1CC(=O)O. The highest BCUT2D eigenvalue weighted by Gasteiger charge is 2.23. The summed E-state index contributed by atoms with van der Waals surface area (Å²) in [7, 11) is 0. The highest BCUT2D eigenvalue weighted by Crippen LogP contribution is 2.22. The number of hydrogen-bond acceptors (Lipinski definition) is 2. The Balaban J connectivity index is 2.18. The molecule has 0 saturated carbocycles. The van der Waals surface area contributed by atoms with E-state index >= 15 is 0 Å². The van der Waals surface area contributed by atoms with Crippen molar-refractivity contribution in [2.24, 2.45) is 0 Å². The number of nitrogens with zero attached hydrogens (tertiary/aromatic N) is 1. The zero-order chi connectivity index (χ0) is 10.8. The number of rotatable bonds is 2. The molecule has 0 aliphatic carbocycles. The predicted molar refractivity (Wildman–Crippen MR) is 57.7 cm³/mol. The Hall–Kier alpha value is -1.35. The fourth-order valence-electron chi connectivity index (χ4n) is 2.12. The standard InChI is InChI=1S/C12H15NO2/c1-9-6-10-4-2-3-5-11(10)7-13(9)8-12(14)15/h2-5,9H,6-8H2,1H3,(H,14,15)/t9-/m1/s1. The third-order valence-corrected chi connectivity index (χ3v) is 2.97. The summed E-state index contributed by atoms with van der Waals surface area (Å²) in [5.41, 5.74) is 2.61. The van der Waals surface area contributed by atoms with E-state index in [0.29, 0.717) is 6.04 Å². The molecule has 1 atom stereocenters. The summed E-state index contributed by atoms with van der Waals surface area (Å²) >= 11 is 0. The Morgan fingerprint density at radius 2 is 2.13 bits per heavy atom. The topological polar surface area (TPSA) is 40.5 Å². The lowest BCUT2D eigenvalue weighted by molar-refractivity contribution is -0.139. The van der Waals surface area contributed by atoms with E-state index in [1.54, 1.807) is 0 Å². The van der Waals surface area contributed by atoms with Crippen LogP contribution in [0.15, 0.2) is 24.3 Å². The Labute approximate surface area is 89.3 Å². The van der Waals surface area contributed by atoms with Gasteiger partial charge >= 0.3 is 5.97 Å². The summed E-state index contributed by atoms with van der Waals surface area (Å²) in [6, 6.07) is 8.57. The summed E-state index contributed by atoms with van der Waals surface area (Å²) < 4.78 is 0. The first-order valence-electron chi connectivity index (χ1n) is 5.19. The first-order valence-corrected chi connectivity index (χ1v) is 5.19. The maximum absolute atomic E-state index is 10.7. The van der Waals surface area contributed by atoms with Crippen molar-refractivity contribution in [1.82, 2.24) is 4.90 Å². The number of fused-ring (bicyclic) bond motifs is 1. The van der Waals surface area contributed by atoms with Crippen molar-refractivity contribution >= 4 is 5.97 Å². The Kier molecular flexibility index (Phi) is 2.73. The molecule has 0 spiro atoms. The van der Waals surface area contributed by atoms with E-state index in [2.05, 4.69) is 19.1 Å². The molecule has 0 amide bonds. The maximum Gasteiger partial charge on any atom is 0.317 e. The van der Waals surface area contributed by atoms with Crippen LogP contribution in [0, 0.1) is 0 Å². The lowest BCUT2D eigenvalue weighted by atomic mass is 9.95. The van der Waals surface area contributed by atoms with Crippen LogP contribution >= 0.6 is 0 Å². The molecule has 3 nitrogen and oxygen atoms in total. The molecule has 1 heterocycles. The van der Waals surface area contributed by atoms with Crippen molar-refractivity contribution in [2.45, 2.75) is 25.9 Å². The lowest BCUT2D eigenvalue weighted by Gasteiger charge is -2.33. The summed E-state index contributed by atoms with van der Waals surface area (Å²) in [5, 5.41) is 8.79. The second kappa shape index (κ2) is 4.03. The molecular formula is C12H15NO2. The molecule has 0 fully saturated rings.